The van der Waals surface area contributed by atoms with Crippen LogP contribution in [0.1, 0.15) is 42.7 Å². The van der Waals surface area contributed by atoms with E-state index >= 15 is 0 Å². The lowest BCUT2D eigenvalue weighted by atomic mass is 9.89. The molecule has 180 valence electrons. The summed E-state index contributed by atoms with van der Waals surface area (Å²) >= 11 is 0. The standard InChI is InChI=1S/C27H33N3O4/c1-4-34-27(32)25-24(22-17-21(33-3)10-11-23(22)28-25)29-26(31)18(2)30-14-12-20(13-15-30)16-19-8-6-5-7-9-19/h5-11,17-18,20,28H,4,12-16H2,1-3H3,(H,29,31). The fourth-order valence-corrected chi connectivity index (χ4v) is 4.67. The largest absolute Gasteiger partial charge is 0.497 e. The van der Waals surface area contributed by atoms with Crippen LogP contribution in [0.15, 0.2) is 48.5 Å². The van der Waals surface area contributed by atoms with Gasteiger partial charge in [0.25, 0.3) is 0 Å². The number of nitrogens with zero attached hydrogens (tertiary/aromatic N) is 1. The maximum Gasteiger partial charge on any atom is 0.356 e. The average molecular weight is 464 g/mol. The Labute approximate surface area is 200 Å². The average Bonchev–Trinajstić information content (AvgIpc) is 3.22. The van der Waals surface area contributed by atoms with Gasteiger partial charge in [-0.25, -0.2) is 4.79 Å². The number of hydrogen-bond donors (Lipinski definition) is 2. The number of carbonyl (C=O) groups is 2. The van der Waals surface area contributed by atoms with Crippen molar-refractivity contribution in [1.82, 2.24) is 9.88 Å². The van der Waals surface area contributed by atoms with E-state index in [9.17, 15) is 9.59 Å². The van der Waals surface area contributed by atoms with Gasteiger partial charge in [0, 0.05) is 10.9 Å². The molecule has 7 nitrogen and oxygen atoms in total. The lowest BCUT2D eigenvalue weighted by Crippen LogP contribution is -2.46. The first-order chi connectivity index (χ1) is 16.5. The van der Waals surface area contributed by atoms with E-state index < -0.39 is 5.97 Å². The number of methoxy groups -OCH3 is 1. The second kappa shape index (κ2) is 10.7. The van der Waals surface area contributed by atoms with E-state index in [4.69, 9.17) is 9.47 Å². The topological polar surface area (TPSA) is 83.7 Å². The fourth-order valence-electron chi connectivity index (χ4n) is 4.67. The van der Waals surface area contributed by atoms with E-state index in [2.05, 4.69) is 39.5 Å². The number of H-pyrrole nitrogens is 1. The normalized spacial score (nSPS) is 15.7. The number of carbonyl (C=O) groups excluding carboxylic acids is 2. The SMILES string of the molecule is CCOC(=O)c1[nH]c2ccc(OC)cc2c1NC(=O)C(C)N1CCC(Cc2ccccc2)CC1. The van der Waals surface area contributed by atoms with Crippen LogP contribution in [0.3, 0.4) is 0 Å². The molecule has 1 saturated heterocycles. The van der Waals surface area contributed by atoms with Crippen LogP contribution >= 0.6 is 0 Å². The van der Waals surface area contributed by atoms with E-state index in [0.717, 1.165) is 37.9 Å². The highest BCUT2D eigenvalue weighted by Crippen LogP contribution is 2.32. The van der Waals surface area contributed by atoms with Gasteiger partial charge in [0.2, 0.25) is 5.91 Å². The molecule has 1 aliphatic heterocycles. The molecule has 3 aromatic rings. The second-order valence-corrected chi connectivity index (χ2v) is 8.84. The summed E-state index contributed by atoms with van der Waals surface area (Å²) in [5.41, 5.74) is 2.77. The van der Waals surface area contributed by atoms with Crippen LogP contribution in [0.25, 0.3) is 10.9 Å². The maximum atomic E-state index is 13.3. The monoisotopic (exact) mass is 463 g/mol. The molecule has 1 aliphatic rings. The Morgan fingerprint density at radius 2 is 1.88 bits per heavy atom. The van der Waals surface area contributed by atoms with Gasteiger partial charge in [-0.3, -0.25) is 9.69 Å². The number of aromatic amines is 1. The number of ether oxygens (including phenoxy) is 2. The van der Waals surface area contributed by atoms with Crippen molar-refractivity contribution < 1.29 is 19.1 Å². The number of rotatable bonds is 8. The number of esters is 1. The molecule has 0 radical (unpaired) electrons. The van der Waals surface area contributed by atoms with Gasteiger partial charge in [-0.15, -0.1) is 0 Å². The van der Waals surface area contributed by atoms with E-state index in [1.165, 1.54) is 5.56 Å². The third kappa shape index (κ3) is 5.25. The Kier molecular flexibility index (Phi) is 7.53. The predicted molar refractivity (Wildman–Crippen MR) is 133 cm³/mol. The zero-order chi connectivity index (χ0) is 24.1. The molecule has 1 fully saturated rings. The summed E-state index contributed by atoms with van der Waals surface area (Å²) in [6, 6.07) is 15.7. The number of likely N-dealkylation sites (tertiary alicyclic amines) is 1. The first-order valence-corrected chi connectivity index (χ1v) is 12.0. The van der Waals surface area contributed by atoms with Crippen molar-refractivity contribution in [3.8, 4) is 5.75 Å². The number of piperidine rings is 1. The number of anilines is 1. The third-order valence-electron chi connectivity index (χ3n) is 6.68. The summed E-state index contributed by atoms with van der Waals surface area (Å²) in [6.45, 7) is 5.67. The van der Waals surface area contributed by atoms with Gasteiger partial charge in [-0.1, -0.05) is 30.3 Å². The molecule has 1 unspecified atom stereocenters. The quantitative estimate of drug-likeness (QED) is 0.476. The Morgan fingerprint density at radius 1 is 1.15 bits per heavy atom. The van der Waals surface area contributed by atoms with Crippen molar-refractivity contribution in [3.63, 3.8) is 0 Å². The van der Waals surface area contributed by atoms with Crippen molar-refractivity contribution in [1.29, 1.82) is 0 Å². The van der Waals surface area contributed by atoms with E-state index in [0.29, 0.717) is 22.7 Å². The highest BCUT2D eigenvalue weighted by atomic mass is 16.5. The predicted octanol–water partition coefficient (Wildman–Crippen LogP) is 4.63. The molecule has 7 heteroatoms. The number of nitrogens with one attached hydrogen (secondary N) is 2. The lowest BCUT2D eigenvalue weighted by Gasteiger charge is -2.35. The second-order valence-electron chi connectivity index (χ2n) is 8.84. The minimum absolute atomic E-state index is 0.143. The molecule has 2 heterocycles. The van der Waals surface area contributed by atoms with Crippen molar-refractivity contribution in [2.45, 2.75) is 39.2 Å². The third-order valence-corrected chi connectivity index (χ3v) is 6.68. The minimum atomic E-state index is -0.498. The van der Waals surface area contributed by atoms with Crippen LogP contribution in [0.4, 0.5) is 5.69 Å². The summed E-state index contributed by atoms with van der Waals surface area (Å²) < 4.78 is 10.6. The fraction of sp³-hybridized carbons (Fsp3) is 0.407. The molecule has 0 spiro atoms. The summed E-state index contributed by atoms with van der Waals surface area (Å²) in [7, 11) is 1.59. The molecular formula is C27H33N3O4. The Morgan fingerprint density at radius 3 is 2.56 bits per heavy atom. The minimum Gasteiger partial charge on any atom is -0.497 e. The van der Waals surface area contributed by atoms with Crippen LogP contribution < -0.4 is 10.1 Å². The smallest absolute Gasteiger partial charge is 0.356 e. The molecule has 0 aliphatic carbocycles. The first-order valence-electron chi connectivity index (χ1n) is 12.0. The number of benzene rings is 2. The maximum absolute atomic E-state index is 13.3. The summed E-state index contributed by atoms with van der Waals surface area (Å²) in [5.74, 6) is 0.634. The molecule has 1 aromatic heterocycles. The molecule has 0 saturated carbocycles. The molecule has 2 N–H and O–H groups in total. The Bertz CT molecular complexity index is 1130. The molecule has 1 amide bonds. The summed E-state index contributed by atoms with van der Waals surface area (Å²) in [5, 5.41) is 3.72. The molecule has 4 rings (SSSR count). The van der Waals surface area contributed by atoms with Crippen LogP contribution in [-0.4, -0.2) is 54.6 Å². The summed E-state index contributed by atoms with van der Waals surface area (Å²) in [4.78, 5) is 31.2. The van der Waals surface area contributed by atoms with E-state index in [1.54, 1.807) is 14.0 Å². The van der Waals surface area contributed by atoms with Crippen molar-refractivity contribution in [2.75, 3.05) is 32.1 Å². The molecule has 2 aromatic carbocycles. The molecular weight excluding hydrogens is 430 g/mol. The van der Waals surface area contributed by atoms with Crippen LogP contribution in [0, 0.1) is 5.92 Å². The molecule has 0 bridgehead atoms. The van der Waals surface area contributed by atoms with Gasteiger partial charge in [0.1, 0.15) is 11.4 Å². The van der Waals surface area contributed by atoms with E-state index in [1.807, 2.05) is 31.2 Å². The number of aromatic nitrogens is 1. The lowest BCUT2D eigenvalue weighted by molar-refractivity contribution is -0.121. The number of fused-ring (bicyclic) bond motifs is 1. The Balaban J connectivity index is 1.46. The highest BCUT2D eigenvalue weighted by Gasteiger charge is 2.29. The van der Waals surface area contributed by atoms with Gasteiger partial charge in [0.15, 0.2) is 0 Å². The van der Waals surface area contributed by atoms with Gasteiger partial charge < -0.3 is 19.8 Å². The highest BCUT2D eigenvalue weighted by molar-refractivity contribution is 6.12. The first kappa shape index (κ1) is 23.8. The van der Waals surface area contributed by atoms with Crippen molar-refractivity contribution in [2.24, 2.45) is 5.92 Å². The zero-order valence-corrected chi connectivity index (χ0v) is 20.1. The van der Waals surface area contributed by atoms with Crippen LogP contribution in [0.5, 0.6) is 5.75 Å². The zero-order valence-electron chi connectivity index (χ0n) is 20.1. The molecule has 1 atom stereocenters. The van der Waals surface area contributed by atoms with Gasteiger partial charge in [-0.05, 0) is 75.9 Å². The van der Waals surface area contributed by atoms with Crippen LogP contribution in [0.2, 0.25) is 0 Å². The van der Waals surface area contributed by atoms with E-state index in [-0.39, 0.29) is 24.2 Å². The number of amides is 1. The van der Waals surface area contributed by atoms with Crippen molar-refractivity contribution >= 4 is 28.5 Å². The number of hydrogen-bond acceptors (Lipinski definition) is 5. The summed E-state index contributed by atoms with van der Waals surface area (Å²) in [6.07, 6.45) is 3.20. The van der Waals surface area contributed by atoms with Crippen molar-refractivity contribution in [3.05, 3.63) is 59.8 Å². The van der Waals surface area contributed by atoms with Gasteiger partial charge in [0.05, 0.1) is 25.4 Å². The Hall–Kier alpha value is -3.32. The van der Waals surface area contributed by atoms with Crippen LogP contribution in [-0.2, 0) is 16.0 Å². The molecule has 34 heavy (non-hydrogen) atoms. The van der Waals surface area contributed by atoms with Gasteiger partial charge in [-0.2, -0.15) is 0 Å². The van der Waals surface area contributed by atoms with Gasteiger partial charge >= 0.3 is 5.97 Å².